The van der Waals surface area contributed by atoms with E-state index < -0.39 is 0 Å². The monoisotopic (exact) mass is 228 g/mol. The molecule has 1 amide bonds. The Labute approximate surface area is 102 Å². The Hall–Kier alpha value is -1.79. The standard InChI is InChI=1S/C14H16N2O/c1-2-11-4-3-5-13(8-11)16-14(17)9-12-6-7-15-10-12/h1,3-5,8,12,15H,6-7,9-10H2,(H,16,17). The second-order valence-corrected chi connectivity index (χ2v) is 4.34. The predicted molar refractivity (Wildman–Crippen MR) is 68.6 cm³/mol. The molecule has 1 aromatic rings. The summed E-state index contributed by atoms with van der Waals surface area (Å²) in [6.07, 6.45) is 6.97. The van der Waals surface area contributed by atoms with Gasteiger partial charge in [-0.3, -0.25) is 4.79 Å². The lowest BCUT2D eigenvalue weighted by molar-refractivity contribution is -0.116. The van der Waals surface area contributed by atoms with Crippen molar-refractivity contribution in [2.75, 3.05) is 18.4 Å². The highest BCUT2D eigenvalue weighted by molar-refractivity contribution is 5.91. The van der Waals surface area contributed by atoms with E-state index in [0.717, 1.165) is 30.8 Å². The Morgan fingerprint density at radius 2 is 2.47 bits per heavy atom. The summed E-state index contributed by atoms with van der Waals surface area (Å²) in [7, 11) is 0. The average Bonchev–Trinajstić information content (AvgIpc) is 2.82. The van der Waals surface area contributed by atoms with Crippen LogP contribution in [0.5, 0.6) is 0 Å². The number of terminal acetylenes is 1. The van der Waals surface area contributed by atoms with Crippen molar-refractivity contribution in [3.05, 3.63) is 29.8 Å². The van der Waals surface area contributed by atoms with Crippen molar-refractivity contribution in [1.29, 1.82) is 0 Å². The summed E-state index contributed by atoms with van der Waals surface area (Å²) in [5, 5.41) is 6.13. The molecule has 1 unspecified atom stereocenters. The molecule has 0 spiro atoms. The third-order valence-corrected chi connectivity index (χ3v) is 2.95. The number of carbonyl (C=O) groups is 1. The number of anilines is 1. The van der Waals surface area contributed by atoms with Crippen LogP contribution in [0.4, 0.5) is 5.69 Å². The van der Waals surface area contributed by atoms with Gasteiger partial charge in [0, 0.05) is 17.7 Å². The zero-order chi connectivity index (χ0) is 12.1. The lowest BCUT2D eigenvalue weighted by atomic mass is 10.0. The molecule has 0 saturated carbocycles. The van der Waals surface area contributed by atoms with Crippen molar-refractivity contribution < 1.29 is 4.79 Å². The van der Waals surface area contributed by atoms with E-state index in [1.54, 1.807) is 0 Å². The van der Waals surface area contributed by atoms with Crippen LogP contribution in [0.15, 0.2) is 24.3 Å². The molecule has 2 rings (SSSR count). The van der Waals surface area contributed by atoms with Crippen LogP contribution in [0, 0.1) is 18.3 Å². The van der Waals surface area contributed by atoms with E-state index in [1.807, 2.05) is 24.3 Å². The first-order chi connectivity index (χ1) is 8.28. The number of carbonyl (C=O) groups excluding carboxylic acids is 1. The van der Waals surface area contributed by atoms with Crippen molar-refractivity contribution in [2.45, 2.75) is 12.8 Å². The molecule has 2 N–H and O–H groups in total. The minimum absolute atomic E-state index is 0.0628. The summed E-state index contributed by atoms with van der Waals surface area (Å²) in [4.78, 5) is 11.8. The van der Waals surface area contributed by atoms with Gasteiger partial charge in [-0.05, 0) is 43.6 Å². The maximum absolute atomic E-state index is 11.8. The average molecular weight is 228 g/mol. The number of nitrogens with one attached hydrogen (secondary N) is 2. The molecule has 3 heteroatoms. The van der Waals surface area contributed by atoms with Gasteiger partial charge in [-0.1, -0.05) is 12.0 Å². The Kier molecular flexibility index (Phi) is 3.79. The highest BCUT2D eigenvalue weighted by atomic mass is 16.1. The Balaban J connectivity index is 1.91. The van der Waals surface area contributed by atoms with E-state index in [-0.39, 0.29) is 5.91 Å². The van der Waals surface area contributed by atoms with Crippen LogP contribution in [0.2, 0.25) is 0 Å². The number of amides is 1. The molecule has 1 aliphatic rings. The minimum Gasteiger partial charge on any atom is -0.326 e. The van der Waals surface area contributed by atoms with Gasteiger partial charge in [0.1, 0.15) is 0 Å². The third kappa shape index (κ3) is 3.33. The minimum atomic E-state index is 0.0628. The van der Waals surface area contributed by atoms with E-state index in [1.165, 1.54) is 0 Å². The fraction of sp³-hybridized carbons (Fsp3) is 0.357. The Morgan fingerprint density at radius 1 is 1.59 bits per heavy atom. The largest absolute Gasteiger partial charge is 0.326 e. The van der Waals surface area contributed by atoms with Gasteiger partial charge in [0.05, 0.1) is 0 Å². The van der Waals surface area contributed by atoms with Gasteiger partial charge in [0.15, 0.2) is 0 Å². The maximum atomic E-state index is 11.8. The van der Waals surface area contributed by atoms with Gasteiger partial charge in [-0.15, -0.1) is 6.42 Å². The number of benzene rings is 1. The second-order valence-electron chi connectivity index (χ2n) is 4.34. The number of rotatable bonds is 3. The third-order valence-electron chi connectivity index (χ3n) is 2.95. The lowest BCUT2D eigenvalue weighted by Gasteiger charge is -2.09. The molecule has 0 bridgehead atoms. The fourth-order valence-electron chi connectivity index (χ4n) is 2.05. The number of hydrogen-bond acceptors (Lipinski definition) is 2. The Morgan fingerprint density at radius 3 is 3.18 bits per heavy atom. The summed E-state index contributed by atoms with van der Waals surface area (Å²) in [5.41, 5.74) is 1.56. The summed E-state index contributed by atoms with van der Waals surface area (Å²) in [6.45, 7) is 1.96. The molecular formula is C14H16N2O. The zero-order valence-electron chi connectivity index (χ0n) is 9.70. The van der Waals surface area contributed by atoms with E-state index in [9.17, 15) is 4.79 Å². The van der Waals surface area contributed by atoms with Crippen molar-refractivity contribution in [3.8, 4) is 12.3 Å². The van der Waals surface area contributed by atoms with Crippen LogP contribution in [0.25, 0.3) is 0 Å². The molecule has 0 radical (unpaired) electrons. The molecule has 0 aliphatic carbocycles. The van der Waals surface area contributed by atoms with Crippen LogP contribution in [0.1, 0.15) is 18.4 Å². The fourth-order valence-corrected chi connectivity index (χ4v) is 2.05. The summed E-state index contributed by atoms with van der Waals surface area (Å²) >= 11 is 0. The first-order valence-corrected chi connectivity index (χ1v) is 5.85. The molecular weight excluding hydrogens is 212 g/mol. The molecule has 88 valence electrons. The molecule has 1 saturated heterocycles. The smallest absolute Gasteiger partial charge is 0.224 e. The SMILES string of the molecule is C#Cc1cccc(NC(=O)CC2CCNC2)c1. The van der Waals surface area contributed by atoms with E-state index in [0.29, 0.717) is 12.3 Å². The van der Waals surface area contributed by atoms with Crippen LogP contribution >= 0.6 is 0 Å². The molecule has 1 aromatic carbocycles. The molecule has 1 aliphatic heterocycles. The Bertz CT molecular complexity index is 442. The molecule has 17 heavy (non-hydrogen) atoms. The van der Waals surface area contributed by atoms with E-state index in [4.69, 9.17) is 6.42 Å². The van der Waals surface area contributed by atoms with Gasteiger partial charge >= 0.3 is 0 Å². The van der Waals surface area contributed by atoms with Crippen molar-refractivity contribution in [3.63, 3.8) is 0 Å². The molecule has 1 atom stereocenters. The zero-order valence-corrected chi connectivity index (χ0v) is 9.70. The van der Waals surface area contributed by atoms with Crippen LogP contribution in [-0.4, -0.2) is 19.0 Å². The van der Waals surface area contributed by atoms with Crippen LogP contribution < -0.4 is 10.6 Å². The summed E-state index contributed by atoms with van der Waals surface area (Å²) < 4.78 is 0. The highest BCUT2D eigenvalue weighted by Gasteiger charge is 2.17. The molecule has 0 aromatic heterocycles. The second kappa shape index (κ2) is 5.51. The predicted octanol–water partition coefficient (Wildman–Crippen LogP) is 1.61. The quantitative estimate of drug-likeness (QED) is 0.772. The lowest BCUT2D eigenvalue weighted by Crippen LogP contribution is -2.18. The summed E-state index contributed by atoms with van der Waals surface area (Å²) in [6, 6.07) is 7.36. The first kappa shape index (κ1) is 11.7. The van der Waals surface area contributed by atoms with E-state index in [2.05, 4.69) is 16.6 Å². The first-order valence-electron chi connectivity index (χ1n) is 5.85. The normalized spacial score (nSPS) is 18.6. The maximum Gasteiger partial charge on any atom is 0.224 e. The van der Waals surface area contributed by atoms with E-state index >= 15 is 0 Å². The van der Waals surface area contributed by atoms with Crippen molar-refractivity contribution in [1.82, 2.24) is 5.32 Å². The van der Waals surface area contributed by atoms with Crippen LogP contribution in [0.3, 0.4) is 0 Å². The van der Waals surface area contributed by atoms with Gasteiger partial charge in [0.2, 0.25) is 5.91 Å². The molecule has 1 fully saturated rings. The molecule has 1 heterocycles. The van der Waals surface area contributed by atoms with Gasteiger partial charge < -0.3 is 10.6 Å². The highest BCUT2D eigenvalue weighted by Crippen LogP contribution is 2.15. The molecule has 3 nitrogen and oxygen atoms in total. The summed E-state index contributed by atoms with van der Waals surface area (Å²) in [5.74, 6) is 3.08. The van der Waals surface area contributed by atoms with Crippen molar-refractivity contribution in [2.24, 2.45) is 5.92 Å². The van der Waals surface area contributed by atoms with Gasteiger partial charge in [-0.25, -0.2) is 0 Å². The van der Waals surface area contributed by atoms with Crippen LogP contribution in [-0.2, 0) is 4.79 Å². The topological polar surface area (TPSA) is 41.1 Å². The number of hydrogen-bond donors (Lipinski definition) is 2. The van der Waals surface area contributed by atoms with Crippen molar-refractivity contribution >= 4 is 11.6 Å². The van der Waals surface area contributed by atoms with Gasteiger partial charge in [0.25, 0.3) is 0 Å². The van der Waals surface area contributed by atoms with Gasteiger partial charge in [-0.2, -0.15) is 0 Å².